The van der Waals surface area contributed by atoms with E-state index in [9.17, 15) is 4.79 Å². The van der Waals surface area contributed by atoms with Crippen molar-refractivity contribution in [2.45, 2.75) is 13.5 Å². The standard InChI is InChI=1S/C19H17N3O3S/c1-13-16(10-20-21-13)22(11-15-3-2-8-26-15)19(23)7-5-14-4-6-17-18(9-14)25-12-24-17/h2-10H,11-12H2,1H3,(H,20,21)/b7-5+. The van der Waals surface area contributed by atoms with E-state index in [-0.39, 0.29) is 12.7 Å². The van der Waals surface area contributed by atoms with Gasteiger partial charge in [0.1, 0.15) is 0 Å². The van der Waals surface area contributed by atoms with Gasteiger partial charge in [0.25, 0.3) is 5.91 Å². The van der Waals surface area contributed by atoms with Crippen LogP contribution in [0.2, 0.25) is 0 Å². The first-order valence-electron chi connectivity index (χ1n) is 8.12. The van der Waals surface area contributed by atoms with Crippen molar-refractivity contribution in [2.24, 2.45) is 0 Å². The van der Waals surface area contributed by atoms with Crippen molar-refractivity contribution in [1.82, 2.24) is 10.2 Å². The number of carbonyl (C=O) groups is 1. The van der Waals surface area contributed by atoms with Crippen molar-refractivity contribution >= 4 is 29.0 Å². The lowest BCUT2D eigenvalue weighted by Gasteiger charge is -2.19. The van der Waals surface area contributed by atoms with Gasteiger partial charge in [-0.3, -0.25) is 9.89 Å². The van der Waals surface area contributed by atoms with Crippen LogP contribution in [0.15, 0.2) is 48.0 Å². The number of aromatic amines is 1. The number of nitrogens with zero attached hydrogens (tertiary/aromatic N) is 2. The fraction of sp³-hybridized carbons (Fsp3) is 0.158. The lowest BCUT2D eigenvalue weighted by Crippen LogP contribution is -2.28. The summed E-state index contributed by atoms with van der Waals surface area (Å²) in [5.74, 6) is 1.31. The second-order valence-corrected chi connectivity index (χ2v) is 6.86. The molecular formula is C19H17N3O3S. The zero-order chi connectivity index (χ0) is 17.9. The molecule has 26 heavy (non-hydrogen) atoms. The molecule has 132 valence electrons. The number of benzene rings is 1. The highest BCUT2D eigenvalue weighted by Crippen LogP contribution is 2.33. The number of carbonyl (C=O) groups excluding carboxylic acids is 1. The Labute approximate surface area is 154 Å². The summed E-state index contributed by atoms with van der Waals surface area (Å²) in [7, 11) is 0. The SMILES string of the molecule is Cc1[nH]ncc1N(Cc1cccs1)C(=O)/C=C/c1ccc2c(c1)OCO2. The Morgan fingerprint density at radius 2 is 2.23 bits per heavy atom. The minimum Gasteiger partial charge on any atom is -0.454 e. The Bertz CT molecular complexity index is 947. The Kier molecular flexibility index (Phi) is 4.45. The Hall–Kier alpha value is -3.06. The monoisotopic (exact) mass is 367 g/mol. The van der Waals surface area contributed by atoms with E-state index in [1.165, 1.54) is 0 Å². The van der Waals surface area contributed by atoms with Crippen LogP contribution in [0.5, 0.6) is 11.5 Å². The zero-order valence-electron chi connectivity index (χ0n) is 14.1. The number of hydrogen-bond donors (Lipinski definition) is 1. The van der Waals surface area contributed by atoms with Gasteiger partial charge < -0.3 is 14.4 Å². The third-order valence-electron chi connectivity index (χ3n) is 4.07. The van der Waals surface area contributed by atoms with Crippen LogP contribution in [0.25, 0.3) is 6.08 Å². The molecule has 4 rings (SSSR count). The third-order valence-corrected chi connectivity index (χ3v) is 4.93. The number of thiophene rings is 1. The first-order chi connectivity index (χ1) is 12.7. The molecule has 1 N–H and O–H groups in total. The van der Waals surface area contributed by atoms with Gasteiger partial charge in [-0.25, -0.2) is 0 Å². The fourth-order valence-electron chi connectivity index (χ4n) is 2.73. The molecule has 1 aliphatic rings. The van der Waals surface area contributed by atoms with Crippen LogP contribution in [-0.2, 0) is 11.3 Å². The maximum Gasteiger partial charge on any atom is 0.251 e. The molecule has 7 heteroatoms. The van der Waals surface area contributed by atoms with Gasteiger partial charge in [-0.2, -0.15) is 5.10 Å². The van der Waals surface area contributed by atoms with E-state index in [0.29, 0.717) is 12.3 Å². The third kappa shape index (κ3) is 3.34. The summed E-state index contributed by atoms with van der Waals surface area (Å²) in [6.07, 6.45) is 5.02. The van der Waals surface area contributed by atoms with Gasteiger partial charge in [0.05, 0.1) is 24.1 Å². The highest BCUT2D eigenvalue weighted by Gasteiger charge is 2.18. The van der Waals surface area contributed by atoms with Crippen molar-refractivity contribution in [3.8, 4) is 11.5 Å². The van der Waals surface area contributed by atoms with Crippen LogP contribution in [0, 0.1) is 6.92 Å². The first-order valence-corrected chi connectivity index (χ1v) is 9.00. The van der Waals surface area contributed by atoms with E-state index in [2.05, 4.69) is 10.2 Å². The molecule has 1 amide bonds. The van der Waals surface area contributed by atoms with Crippen LogP contribution >= 0.6 is 11.3 Å². The van der Waals surface area contributed by atoms with Crippen LogP contribution in [0.4, 0.5) is 5.69 Å². The number of anilines is 1. The number of ether oxygens (including phenoxy) is 2. The topological polar surface area (TPSA) is 67.5 Å². The second-order valence-electron chi connectivity index (χ2n) is 5.83. The molecular weight excluding hydrogens is 350 g/mol. The molecule has 0 unspecified atom stereocenters. The van der Waals surface area contributed by atoms with Gasteiger partial charge in [0, 0.05) is 11.0 Å². The van der Waals surface area contributed by atoms with Gasteiger partial charge in [-0.15, -0.1) is 11.3 Å². The largest absolute Gasteiger partial charge is 0.454 e. The highest BCUT2D eigenvalue weighted by atomic mass is 32.1. The molecule has 2 aromatic heterocycles. The second kappa shape index (κ2) is 7.05. The predicted octanol–water partition coefficient (Wildman–Crippen LogP) is 3.75. The first kappa shape index (κ1) is 16.4. The van der Waals surface area contributed by atoms with Crippen molar-refractivity contribution in [1.29, 1.82) is 0 Å². The van der Waals surface area contributed by atoms with Crippen LogP contribution < -0.4 is 14.4 Å². The number of H-pyrrole nitrogens is 1. The fourth-order valence-corrected chi connectivity index (χ4v) is 3.42. The van der Waals surface area contributed by atoms with E-state index in [4.69, 9.17) is 9.47 Å². The van der Waals surface area contributed by atoms with E-state index in [1.807, 2.05) is 42.6 Å². The maximum absolute atomic E-state index is 12.9. The lowest BCUT2D eigenvalue weighted by molar-refractivity contribution is -0.114. The van der Waals surface area contributed by atoms with Crippen LogP contribution in [-0.4, -0.2) is 22.9 Å². The lowest BCUT2D eigenvalue weighted by atomic mass is 10.2. The highest BCUT2D eigenvalue weighted by molar-refractivity contribution is 7.09. The summed E-state index contributed by atoms with van der Waals surface area (Å²) in [5.41, 5.74) is 2.51. The van der Waals surface area contributed by atoms with Crippen molar-refractivity contribution in [2.75, 3.05) is 11.7 Å². The minimum absolute atomic E-state index is 0.111. The predicted molar refractivity (Wildman–Crippen MR) is 100 cm³/mol. The number of rotatable bonds is 5. The maximum atomic E-state index is 12.9. The van der Waals surface area contributed by atoms with Crippen LogP contribution in [0.1, 0.15) is 16.1 Å². The summed E-state index contributed by atoms with van der Waals surface area (Å²) in [6.45, 7) is 2.64. The molecule has 0 aliphatic carbocycles. The number of fused-ring (bicyclic) bond motifs is 1. The summed E-state index contributed by atoms with van der Waals surface area (Å²) in [6, 6.07) is 9.59. The summed E-state index contributed by atoms with van der Waals surface area (Å²) in [4.78, 5) is 15.7. The molecule has 0 bridgehead atoms. The van der Waals surface area contributed by atoms with Gasteiger partial charge in [-0.1, -0.05) is 12.1 Å². The summed E-state index contributed by atoms with van der Waals surface area (Å²) in [5, 5.41) is 8.94. The smallest absolute Gasteiger partial charge is 0.251 e. The average molecular weight is 367 g/mol. The molecule has 0 saturated carbocycles. The normalized spacial score (nSPS) is 12.7. The number of aryl methyl sites for hydroxylation is 1. The zero-order valence-corrected chi connectivity index (χ0v) is 15.0. The van der Waals surface area contributed by atoms with Crippen molar-refractivity contribution < 1.29 is 14.3 Å². The van der Waals surface area contributed by atoms with Gasteiger partial charge in [-0.05, 0) is 42.1 Å². The molecule has 0 radical (unpaired) electrons. The van der Waals surface area contributed by atoms with Crippen LogP contribution in [0.3, 0.4) is 0 Å². The van der Waals surface area contributed by atoms with E-state index in [1.54, 1.807) is 34.6 Å². The molecule has 0 fully saturated rings. The molecule has 0 atom stereocenters. The van der Waals surface area contributed by atoms with Crippen molar-refractivity contribution in [3.05, 3.63) is 64.1 Å². The molecule has 3 heterocycles. The summed E-state index contributed by atoms with van der Waals surface area (Å²) >= 11 is 1.62. The Balaban J connectivity index is 1.57. The van der Waals surface area contributed by atoms with Gasteiger partial charge in [0.15, 0.2) is 11.5 Å². The van der Waals surface area contributed by atoms with E-state index >= 15 is 0 Å². The van der Waals surface area contributed by atoms with E-state index in [0.717, 1.165) is 27.6 Å². The Morgan fingerprint density at radius 3 is 3.00 bits per heavy atom. The van der Waals surface area contributed by atoms with E-state index < -0.39 is 0 Å². The average Bonchev–Trinajstić information content (AvgIpc) is 3.39. The number of hydrogen-bond acceptors (Lipinski definition) is 5. The Morgan fingerprint density at radius 1 is 1.35 bits per heavy atom. The minimum atomic E-state index is -0.111. The molecule has 3 aromatic rings. The molecule has 6 nitrogen and oxygen atoms in total. The van der Waals surface area contributed by atoms with Gasteiger partial charge >= 0.3 is 0 Å². The molecule has 1 aromatic carbocycles. The molecule has 0 saturated heterocycles. The van der Waals surface area contributed by atoms with Crippen molar-refractivity contribution in [3.63, 3.8) is 0 Å². The number of aromatic nitrogens is 2. The molecule has 0 spiro atoms. The number of nitrogens with one attached hydrogen (secondary N) is 1. The molecule has 1 aliphatic heterocycles. The quantitative estimate of drug-likeness (QED) is 0.698. The van der Waals surface area contributed by atoms with Gasteiger partial charge in [0.2, 0.25) is 6.79 Å². The number of amides is 1. The summed E-state index contributed by atoms with van der Waals surface area (Å²) < 4.78 is 10.7.